The van der Waals surface area contributed by atoms with Gasteiger partial charge in [-0.25, -0.2) is 10.9 Å². The van der Waals surface area contributed by atoms with Crippen LogP contribution in [0, 0.1) is 29.1 Å². The van der Waals surface area contributed by atoms with Gasteiger partial charge in [-0.15, -0.1) is 13.2 Å². The van der Waals surface area contributed by atoms with Gasteiger partial charge in [0.1, 0.15) is 17.6 Å². The Morgan fingerprint density at radius 3 is 2.44 bits per heavy atom. The number of hydrogen-bond donors (Lipinski definition) is 3. The Bertz CT molecular complexity index is 1050. The van der Waals surface area contributed by atoms with Gasteiger partial charge in [-0.2, -0.15) is 10.8 Å². The van der Waals surface area contributed by atoms with Gasteiger partial charge >= 0.3 is 6.36 Å². The van der Waals surface area contributed by atoms with E-state index < -0.39 is 12.1 Å². The summed E-state index contributed by atoms with van der Waals surface area (Å²) in [6.45, 7) is 1.95. The number of ether oxygens (including phenoxy) is 2. The van der Waals surface area contributed by atoms with E-state index >= 15 is 0 Å². The molecule has 3 aliphatic heterocycles. The summed E-state index contributed by atoms with van der Waals surface area (Å²) in [6.07, 6.45) is -2.28. The Balaban J connectivity index is 1.10. The average molecular weight is 509 g/mol. The van der Waals surface area contributed by atoms with Crippen molar-refractivity contribution in [2.24, 2.45) is 17.8 Å². The highest BCUT2D eigenvalue weighted by atomic mass is 19.4. The van der Waals surface area contributed by atoms with Gasteiger partial charge in [0.25, 0.3) is 5.91 Å². The second-order valence-electron chi connectivity index (χ2n) is 9.80. The fraction of sp³-hybridized carbons (Fsp3) is 0.609. The summed E-state index contributed by atoms with van der Waals surface area (Å²) in [5, 5.41) is 9.23. The Labute approximate surface area is 205 Å². The number of likely N-dealkylation sites (tertiary alicyclic amines) is 2. The Morgan fingerprint density at radius 2 is 1.75 bits per heavy atom. The van der Waals surface area contributed by atoms with E-state index in [0.29, 0.717) is 32.2 Å². The molecule has 13 heteroatoms. The van der Waals surface area contributed by atoms with Crippen molar-refractivity contribution in [2.75, 3.05) is 32.8 Å². The van der Waals surface area contributed by atoms with Gasteiger partial charge in [0, 0.05) is 62.1 Å². The lowest BCUT2D eigenvalue weighted by molar-refractivity contribution is -0.274. The van der Waals surface area contributed by atoms with Crippen LogP contribution in [0.3, 0.4) is 0 Å². The van der Waals surface area contributed by atoms with Crippen molar-refractivity contribution in [3.05, 3.63) is 23.8 Å². The van der Waals surface area contributed by atoms with Gasteiger partial charge in [0.05, 0.1) is 5.56 Å². The molecule has 5 rings (SSSR count). The average Bonchev–Trinajstić information content (AvgIpc) is 3.55. The number of nitrogens with one attached hydrogen (secondary N) is 3. The van der Waals surface area contributed by atoms with E-state index in [9.17, 15) is 28.0 Å². The van der Waals surface area contributed by atoms with Crippen LogP contribution in [-0.2, 0) is 9.59 Å². The smallest absolute Gasteiger partial charge is 0.482 e. The summed E-state index contributed by atoms with van der Waals surface area (Å²) in [5.74, 6) is -0.190. The quantitative estimate of drug-likeness (QED) is 0.537. The standard InChI is InChI=1S/C23H27F3N6O4/c24-23(25,26)36-17-2-4-20(14(5-17)7-27)35-12-21(33)31-8-15-10-32(11-16(15)9-31)22(34)13-1-3-18-19(6-13)29-30-28-18/h2,4-5,13,15-16,18-19,28-30H,1,3,6,8-12H2/t13?,15-,16-,18?,19?/m1/s1. The molecule has 0 spiro atoms. The van der Waals surface area contributed by atoms with Crippen LogP contribution in [-0.4, -0.2) is 72.8 Å². The minimum atomic E-state index is -4.87. The first kappa shape index (κ1) is 24.6. The maximum atomic E-state index is 13.1. The molecule has 1 aliphatic carbocycles. The molecule has 1 aromatic rings. The number of alkyl halides is 3. The van der Waals surface area contributed by atoms with Crippen LogP contribution in [0.15, 0.2) is 18.2 Å². The van der Waals surface area contributed by atoms with E-state index in [1.165, 1.54) is 6.07 Å². The predicted molar refractivity (Wildman–Crippen MR) is 118 cm³/mol. The number of hydrazine groups is 2. The predicted octanol–water partition coefficient (Wildman–Crippen LogP) is 0.902. The molecule has 1 saturated carbocycles. The van der Waals surface area contributed by atoms with Crippen LogP contribution in [0.4, 0.5) is 13.2 Å². The fourth-order valence-electron chi connectivity index (χ4n) is 5.74. The number of hydrogen-bond acceptors (Lipinski definition) is 8. The van der Waals surface area contributed by atoms with Crippen molar-refractivity contribution < 1.29 is 32.2 Å². The number of halogens is 3. The molecule has 194 valence electrons. The summed E-state index contributed by atoms with van der Waals surface area (Å²) in [7, 11) is 0. The number of carbonyl (C=O) groups excluding carboxylic acids is 2. The van der Waals surface area contributed by atoms with E-state index in [1.807, 2.05) is 4.90 Å². The molecule has 1 aromatic carbocycles. The lowest BCUT2D eigenvalue weighted by Gasteiger charge is -2.32. The molecule has 3 saturated heterocycles. The Kier molecular flexibility index (Phi) is 6.67. The van der Waals surface area contributed by atoms with E-state index in [1.54, 1.807) is 11.0 Å². The van der Waals surface area contributed by atoms with Gasteiger partial charge in [0.15, 0.2) is 6.61 Å². The highest BCUT2D eigenvalue weighted by Crippen LogP contribution is 2.35. The Morgan fingerprint density at radius 1 is 1.06 bits per heavy atom. The van der Waals surface area contributed by atoms with E-state index in [-0.39, 0.29) is 53.5 Å². The van der Waals surface area contributed by atoms with Crippen LogP contribution in [0.1, 0.15) is 24.8 Å². The zero-order valence-corrected chi connectivity index (χ0v) is 19.4. The second-order valence-corrected chi connectivity index (χ2v) is 9.80. The van der Waals surface area contributed by atoms with Crippen LogP contribution >= 0.6 is 0 Å². The van der Waals surface area contributed by atoms with Crippen molar-refractivity contribution in [2.45, 2.75) is 37.7 Å². The molecule has 4 fully saturated rings. The second kappa shape index (κ2) is 9.76. The number of benzene rings is 1. The third-order valence-electron chi connectivity index (χ3n) is 7.52. The molecule has 3 N–H and O–H groups in total. The maximum Gasteiger partial charge on any atom is 0.573 e. The van der Waals surface area contributed by atoms with Crippen molar-refractivity contribution in [1.82, 2.24) is 26.2 Å². The van der Waals surface area contributed by atoms with E-state index in [4.69, 9.17) is 4.74 Å². The lowest BCUT2D eigenvalue weighted by Crippen LogP contribution is -2.45. The van der Waals surface area contributed by atoms with Crippen molar-refractivity contribution >= 4 is 11.8 Å². The van der Waals surface area contributed by atoms with Crippen molar-refractivity contribution in [3.8, 4) is 17.6 Å². The van der Waals surface area contributed by atoms with E-state index in [0.717, 1.165) is 31.4 Å². The van der Waals surface area contributed by atoms with Crippen LogP contribution in [0.25, 0.3) is 0 Å². The fourth-order valence-corrected chi connectivity index (χ4v) is 5.74. The monoisotopic (exact) mass is 508 g/mol. The number of rotatable bonds is 5. The first-order valence-electron chi connectivity index (χ1n) is 12.0. The largest absolute Gasteiger partial charge is 0.573 e. The van der Waals surface area contributed by atoms with E-state index in [2.05, 4.69) is 21.1 Å². The van der Waals surface area contributed by atoms with Crippen molar-refractivity contribution in [3.63, 3.8) is 0 Å². The number of nitriles is 1. The van der Waals surface area contributed by atoms with Crippen LogP contribution in [0.5, 0.6) is 11.5 Å². The first-order chi connectivity index (χ1) is 17.2. The molecule has 0 radical (unpaired) electrons. The summed E-state index contributed by atoms with van der Waals surface area (Å²) in [5.41, 5.74) is 9.14. The molecule has 2 amide bonds. The molecule has 3 heterocycles. The third-order valence-corrected chi connectivity index (χ3v) is 7.52. The van der Waals surface area contributed by atoms with Crippen molar-refractivity contribution in [1.29, 1.82) is 5.26 Å². The third kappa shape index (κ3) is 5.21. The highest BCUT2D eigenvalue weighted by molar-refractivity contribution is 5.80. The number of amides is 2. The van der Waals surface area contributed by atoms with Crippen LogP contribution in [0.2, 0.25) is 0 Å². The number of nitrogens with zero attached hydrogens (tertiary/aromatic N) is 3. The van der Waals surface area contributed by atoms with Crippen LogP contribution < -0.4 is 25.9 Å². The summed E-state index contributed by atoms with van der Waals surface area (Å²) >= 11 is 0. The summed E-state index contributed by atoms with van der Waals surface area (Å²) in [4.78, 5) is 29.5. The summed E-state index contributed by atoms with van der Waals surface area (Å²) < 4.78 is 46.5. The molecular formula is C23H27F3N6O4. The molecular weight excluding hydrogens is 481 g/mol. The number of fused-ring (bicyclic) bond motifs is 2. The lowest BCUT2D eigenvalue weighted by atomic mass is 9.82. The maximum absolute atomic E-state index is 13.1. The first-order valence-corrected chi connectivity index (χ1v) is 12.0. The zero-order chi connectivity index (χ0) is 25.4. The molecule has 10 nitrogen and oxygen atoms in total. The number of carbonyl (C=O) groups is 2. The van der Waals surface area contributed by atoms with Gasteiger partial charge < -0.3 is 19.3 Å². The van der Waals surface area contributed by atoms with Gasteiger partial charge in [-0.05, 0) is 31.4 Å². The minimum absolute atomic E-state index is 0.00709. The Hall–Kier alpha value is -3.08. The molecule has 4 aliphatic rings. The van der Waals surface area contributed by atoms with Gasteiger partial charge in [0.2, 0.25) is 5.91 Å². The molecule has 36 heavy (non-hydrogen) atoms. The minimum Gasteiger partial charge on any atom is -0.482 e. The SMILES string of the molecule is N#Cc1cc(OC(F)(F)F)ccc1OCC(=O)N1C[C@@H]2CN(C(=O)C3CCC4NNNC4C3)C[C@H]2C1. The molecule has 0 bridgehead atoms. The van der Waals surface area contributed by atoms with Gasteiger partial charge in [-0.1, -0.05) is 0 Å². The van der Waals surface area contributed by atoms with Gasteiger partial charge in [-0.3, -0.25) is 9.59 Å². The highest BCUT2D eigenvalue weighted by Gasteiger charge is 2.45. The zero-order valence-electron chi connectivity index (χ0n) is 19.4. The normalized spacial score (nSPS) is 29.4. The topological polar surface area (TPSA) is 119 Å². The molecule has 3 unspecified atom stereocenters. The molecule has 5 atom stereocenters. The summed E-state index contributed by atoms with van der Waals surface area (Å²) in [6, 6.07) is 5.48. The molecule has 0 aromatic heterocycles.